The maximum atomic E-state index is 6.80. The van der Waals surface area contributed by atoms with Crippen LogP contribution in [0.4, 0.5) is 0 Å². The zero-order chi connectivity index (χ0) is 14.4. The molecule has 2 heteroatoms. The van der Waals surface area contributed by atoms with Crippen molar-refractivity contribution >= 4 is 0 Å². The lowest BCUT2D eigenvalue weighted by atomic mass is 9.47. The molecule has 0 spiro atoms. The number of ether oxygens (including phenoxy) is 1. The Morgan fingerprint density at radius 3 is 2.33 bits per heavy atom. The standard InChI is InChI=1S/C19H27NO/c1-2-21-17-5-3-4-16(9-17)18(20)19-10-13-6-14(11-19)8-15(7-13)12-19/h3-5,9,13-15,18H,2,6-8,10-12,20H2,1H3. The van der Waals surface area contributed by atoms with Crippen molar-refractivity contribution in [2.45, 2.75) is 51.5 Å². The molecule has 114 valence electrons. The van der Waals surface area contributed by atoms with Gasteiger partial charge in [-0.05, 0) is 86.3 Å². The summed E-state index contributed by atoms with van der Waals surface area (Å²) in [6.45, 7) is 2.75. The van der Waals surface area contributed by atoms with Gasteiger partial charge in [-0.2, -0.15) is 0 Å². The number of hydrogen-bond acceptors (Lipinski definition) is 2. The van der Waals surface area contributed by atoms with Crippen LogP contribution in [0.15, 0.2) is 24.3 Å². The number of rotatable bonds is 4. The molecule has 1 unspecified atom stereocenters. The fourth-order valence-electron chi connectivity index (χ4n) is 5.88. The van der Waals surface area contributed by atoms with E-state index in [-0.39, 0.29) is 6.04 Å². The van der Waals surface area contributed by atoms with E-state index in [0.717, 1.165) is 30.1 Å². The predicted molar refractivity (Wildman–Crippen MR) is 85.1 cm³/mol. The van der Waals surface area contributed by atoms with Crippen molar-refractivity contribution in [1.82, 2.24) is 0 Å². The number of benzene rings is 1. The molecular weight excluding hydrogens is 258 g/mol. The molecule has 0 aliphatic heterocycles. The lowest BCUT2D eigenvalue weighted by Gasteiger charge is -2.59. The van der Waals surface area contributed by atoms with Gasteiger partial charge in [0, 0.05) is 6.04 Å². The lowest BCUT2D eigenvalue weighted by Crippen LogP contribution is -2.50. The van der Waals surface area contributed by atoms with Gasteiger partial charge in [-0.15, -0.1) is 0 Å². The molecule has 1 atom stereocenters. The summed E-state index contributed by atoms with van der Waals surface area (Å²) < 4.78 is 5.66. The molecule has 2 N–H and O–H groups in total. The smallest absolute Gasteiger partial charge is 0.119 e. The summed E-state index contributed by atoms with van der Waals surface area (Å²) >= 11 is 0. The lowest BCUT2D eigenvalue weighted by molar-refractivity contribution is -0.0678. The van der Waals surface area contributed by atoms with Crippen LogP contribution in [0.1, 0.15) is 57.1 Å². The van der Waals surface area contributed by atoms with E-state index in [1.807, 2.05) is 13.0 Å². The highest BCUT2D eigenvalue weighted by molar-refractivity contribution is 5.32. The molecule has 0 heterocycles. The molecular formula is C19H27NO. The van der Waals surface area contributed by atoms with E-state index in [2.05, 4.69) is 18.2 Å². The molecule has 1 aromatic carbocycles. The Hall–Kier alpha value is -1.02. The molecule has 4 aliphatic rings. The average Bonchev–Trinajstić information content (AvgIpc) is 2.46. The van der Waals surface area contributed by atoms with Crippen molar-refractivity contribution in [3.8, 4) is 5.75 Å². The van der Waals surface area contributed by atoms with Gasteiger partial charge in [0.05, 0.1) is 6.61 Å². The normalized spacial score (nSPS) is 38.5. The molecule has 4 bridgehead atoms. The van der Waals surface area contributed by atoms with Crippen LogP contribution in [0, 0.1) is 23.2 Å². The van der Waals surface area contributed by atoms with Gasteiger partial charge >= 0.3 is 0 Å². The SMILES string of the molecule is CCOc1cccc(C(N)C23CC4CC(CC(C4)C2)C3)c1. The van der Waals surface area contributed by atoms with Crippen LogP contribution in [-0.2, 0) is 0 Å². The van der Waals surface area contributed by atoms with E-state index in [9.17, 15) is 0 Å². The third-order valence-electron chi connectivity index (χ3n) is 6.27. The Morgan fingerprint density at radius 1 is 1.14 bits per heavy atom. The van der Waals surface area contributed by atoms with E-state index in [1.54, 1.807) is 0 Å². The second kappa shape index (κ2) is 5.01. The van der Waals surface area contributed by atoms with Gasteiger partial charge in [-0.3, -0.25) is 0 Å². The Morgan fingerprint density at radius 2 is 1.76 bits per heavy atom. The van der Waals surface area contributed by atoms with E-state index < -0.39 is 0 Å². The van der Waals surface area contributed by atoms with Gasteiger partial charge in [-0.25, -0.2) is 0 Å². The number of nitrogens with two attached hydrogens (primary N) is 1. The van der Waals surface area contributed by atoms with Gasteiger partial charge < -0.3 is 10.5 Å². The maximum Gasteiger partial charge on any atom is 0.119 e. The zero-order valence-electron chi connectivity index (χ0n) is 13.1. The molecule has 1 aromatic rings. The first-order chi connectivity index (χ1) is 10.2. The second-order valence-corrected chi connectivity index (χ2v) is 7.76. The summed E-state index contributed by atoms with van der Waals surface area (Å²) in [5, 5.41) is 0. The molecule has 0 amide bonds. The molecule has 2 nitrogen and oxygen atoms in total. The van der Waals surface area contributed by atoms with E-state index in [4.69, 9.17) is 10.5 Å². The Labute approximate surface area is 128 Å². The quantitative estimate of drug-likeness (QED) is 0.895. The van der Waals surface area contributed by atoms with Crippen LogP contribution in [0.5, 0.6) is 5.75 Å². The number of hydrogen-bond donors (Lipinski definition) is 1. The van der Waals surface area contributed by atoms with Crippen molar-refractivity contribution in [2.24, 2.45) is 28.9 Å². The second-order valence-electron chi connectivity index (χ2n) is 7.76. The van der Waals surface area contributed by atoms with Crippen molar-refractivity contribution < 1.29 is 4.74 Å². The minimum absolute atomic E-state index is 0.186. The van der Waals surface area contributed by atoms with Gasteiger partial charge in [0.15, 0.2) is 0 Å². The molecule has 5 rings (SSSR count). The summed E-state index contributed by atoms with van der Waals surface area (Å²) in [5.74, 6) is 3.84. The van der Waals surface area contributed by atoms with Gasteiger partial charge in [0.25, 0.3) is 0 Å². The molecule has 0 saturated heterocycles. The summed E-state index contributed by atoms with van der Waals surface area (Å²) in [4.78, 5) is 0. The average molecular weight is 285 g/mol. The van der Waals surface area contributed by atoms with E-state index in [1.165, 1.54) is 44.1 Å². The fraction of sp³-hybridized carbons (Fsp3) is 0.684. The first kappa shape index (κ1) is 13.6. The van der Waals surface area contributed by atoms with Crippen LogP contribution < -0.4 is 10.5 Å². The fourth-order valence-corrected chi connectivity index (χ4v) is 5.88. The molecule has 21 heavy (non-hydrogen) atoms. The van der Waals surface area contributed by atoms with Crippen LogP contribution >= 0.6 is 0 Å². The molecule has 0 aromatic heterocycles. The van der Waals surface area contributed by atoms with Crippen molar-refractivity contribution in [1.29, 1.82) is 0 Å². The van der Waals surface area contributed by atoms with Gasteiger partial charge in [-0.1, -0.05) is 12.1 Å². The molecule has 4 fully saturated rings. The van der Waals surface area contributed by atoms with Crippen LogP contribution in [0.3, 0.4) is 0 Å². The van der Waals surface area contributed by atoms with Crippen LogP contribution in [0.25, 0.3) is 0 Å². The van der Waals surface area contributed by atoms with Gasteiger partial charge in [0.1, 0.15) is 5.75 Å². The Kier molecular flexibility index (Phi) is 3.25. The van der Waals surface area contributed by atoms with E-state index >= 15 is 0 Å². The first-order valence-electron chi connectivity index (χ1n) is 8.67. The molecule has 0 radical (unpaired) electrons. The maximum absolute atomic E-state index is 6.80. The Bertz CT molecular complexity index is 489. The van der Waals surface area contributed by atoms with E-state index in [0.29, 0.717) is 5.41 Å². The highest BCUT2D eigenvalue weighted by atomic mass is 16.5. The Balaban J connectivity index is 1.62. The summed E-state index contributed by atoms with van der Waals surface area (Å²) in [5.41, 5.74) is 8.46. The molecule has 4 aliphatic carbocycles. The van der Waals surface area contributed by atoms with Crippen LogP contribution in [-0.4, -0.2) is 6.61 Å². The zero-order valence-corrected chi connectivity index (χ0v) is 13.1. The third kappa shape index (κ3) is 2.28. The molecule has 4 saturated carbocycles. The monoisotopic (exact) mass is 285 g/mol. The summed E-state index contributed by atoms with van der Waals surface area (Å²) in [6, 6.07) is 8.70. The highest BCUT2D eigenvalue weighted by Gasteiger charge is 2.53. The first-order valence-corrected chi connectivity index (χ1v) is 8.67. The highest BCUT2D eigenvalue weighted by Crippen LogP contribution is 2.63. The summed E-state index contributed by atoms with van der Waals surface area (Å²) in [7, 11) is 0. The van der Waals surface area contributed by atoms with Crippen molar-refractivity contribution in [2.75, 3.05) is 6.61 Å². The topological polar surface area (TPSA) is 35.2 Å². The van der Waals surface area contributed by atoms with Gasteiger partial charge in [0.2, 0.25) is 0 Å². The van der Waals surface area contributed by atoms with Crippen molar-refractivity contribution in [3.05, 3.63) is 29.8 Å². The van der Waals surface area contributed by atoms with Crippen LogP contribution in [0.2, 0.25) is 0 Å². The summed E-state index contributed by atoms with van der Waals surface area (Å²) in [6.07, 6.45) is 8.51. The minimum Gasteiger partial charge on any atom is -0.494 e. The largest absolute Gasteiger partial charge is 0.494 e. The minimum atomic E-state index is 0.186. The third-order valence-corrected chi connectivity index (χ3v) is 6.27. The van der Waals surface area contributed by atoms with Crippen molar-refractivity contribution in [3.63, 3.8) is 0 Å². The predicted octanol–water partition coefficient (Wildman–Crippen LogP) is 4.30.